The third kappa shape index (κ3) is 7.49. The van der Waals surface area contributed by atoms with Crippen molar-refractivity contribution in [2.45, 2.75) is 97.6 Å². The number of benzene rings is 2. The largest absolute Gasteiger partial charge is 0.507 e. The summed E-state index contributed by atoms with van der Waals surface area (Å²) in [6, 6.07) is 0. The summed E-state index contributed by atoms with van der Waals surface area (Å²) in [5.41, 5.74) is -0.298. The van der Waals surface area contributed by atoms with Crippen molar-refractivity contribution in [3.05, 3.63) is 58.0 Å². The van der Waals surface area contributed by atoms with E-state index in [4.69, 9.17) is 28.9 Å². The Morgan fingerprint density at radius 1 is 1.00 bits per heavy atom. The number of aromatic hydroxyl groups is 2. The number of phenolic OH excluding ortho intramolecular Hbond substituents is 2. The molecule has 58 heavy (non-hydrogen) atoms. The number of carbonyl (C=O) groups excluding carboxylic acids is 3. The molecule has 1 amide bonds. The molecule has 0 saturated carbocycles. The van der Waals surface area contributed by atoms with E-state index in [9.17, 15) is 34.8 Å². The average Bonchev–Trinajstić information content (AvgIpc) is 3.67. The molecule has 1 saturated heterocycles. The highest BCUT2D eigenvalue weighted by Gasteiger charge is 2.50. The standard InChI is InChI=1S/C43H56N4O11/c1-20-12-11-13-21(2)41(54)45-33-32-31(46-43(18-44-32)15-16-47(9)19-43)28-29(37(33)52)36(51)25(6)39-30(28)40(53)42(8,58-39)56-17-14-27(55-10)22(3)38(57-26(7)48)24(5)35(50)23(4)34(20)49/h11-14,17,20,22-24,27,34-35,38,49-52H,15-16,18-19H2,1-10H3,(H,45,54)/b12-11+,17-14+,21-13-/t20-,22+,23+,24+,27-,34-,35+,38+,42-,43?/m0/s1. The summed E-state index contributed by atoms with van der Waals surface area (Å²) in [5.74, 6) is -6.92. The molecule has 1 fully saturated rings. The fraction of sp³-hybridized carbons (Fsp3) is 0.558. The maximum absolute atomic E-state index is 14.7. The number of aliphatic hydroxyl groups excluding tert-OH is 2. The molecule has 2 aromatic rings. The maximum atomic E-state index is 14.7. The molecule has 0 aliphatic carbocycles. The monoisotopic (exact) mass is 804 g/mol. The molecule has 0 radical (unpaired) electrons. The van der Waals surface area contributed by atoms with E-state index in [1.54, 1.807) is 65.8 Å². The summed E-state index contributed by atoms with van der Waals surface area (Å²) in [5, 5.41) is 49.8. The highest BCUT2D eigenvalue weighted by molar-refractivity contribution is 6.19. The van der Waals surface area contributed by atoms with E-state index in [-0.39, 0.29) is 61.9 Å². The SMILES string of the molecule is CO[C@H]1/C=C/O[C@@]2(C)Oc3c(C)c(O)c4c(O)c(c5c(c4c3C2=O)=NC2(CCN(C)C2)CN=5)NC(=O)/C(C)=C\C=C\[C@H](C)[C@H](O)[C@@H](C)[C@@H](O)[C@@H](C)[C@H](OC(C)=O)[C@@H]1C. The number of phenols is 2. The van der Waals surface area contributed by atoms with Crippen molar-refractivity contribution in [3.8, 4) is 17.2 Å². The molecular weight excluding hydrogens is 748 g/mol. The van der Waals surface area contributed by atoms with Crippen molar-refractivity contribution in [3.63, 3.8) is 0 Å². The molecule has 4 aliphatic rings. The number of allylic oxidation sites excluding steroid dienone is 2. The van der Waals surface area contributed by atoms with Crippen molar-refractivity contribution < 1.29 is 53.8 Å². The van der Waals surface area contributed by atoms with Crippen LogP contribution in [0.15, 0.2) is 46.1 Å². The second-order valence-electron chi connectivity index (χ2n) is 16.7. The van der Waals surface area contributed by atoms with Crippen molar-refractivity contribution in [2.75, 3.05) is 39.1 Å². The number of hydrogen-bond donors (Lipinski definition) is 5. The quantitative estimate of drug-likeness (QED) is 0.219. The fourth-order valence-corrected chi connectivity index (χ4v) is 8.75. The zero-order valence-electron chi connectivity index (χ0n) is 34.8. The minimum Gasteiger partial charge on any atom is -0.507 e. The number of likely N-dealkylation sites (tertiary alicyclic amines) is 1. The third-order valence-electron chi connectivity index (χ3n) is 12.4. The number of fused-ring (bicyclic) bond motifs is 1. The van der Waals surface area contributed by atoms with Gasteiger partial charge in [0.1, 0.15) is 28.6 Å². The second-order valence-corrected chi connectivity index (χ2v) is 16.7. The van der Waals surface area contributed by atoms with Gasteiger partial charge >= 0.3 is 11.8 Å². The van der Waals surface area contributed by atoms with Crippen molar-refractivity contribution in [1.82, 2.24) is 4.90 Å². The molecule has 314 valence electrons. The molecular formula is C43H56N4O11. The molecule has 6 rings (SSSR count). The first-order valence-corrected chi connectivity index (χ1v) is 19.7. The van der Waals surface area contributed by atoms with Crippen LogP contribution in [0.4, 0.5) is 5.69 Å². The van der Waals surface area contributed by atoms with E-state index in [0.717, 1.165) is 6.54 Å². The van der Waals surface area contributed by atoms with E-state index in [0.29, 0.717) is 13.0 Å². The first-order chi connectivity index (χ1) is 27.3. The zero-order chi connectivity index (χ0) is 42.6. The molecule has 0 aromatic heterocycles. The Hall–Kier alpha value is -4.83. The Morgan fingerprint density at radius 2 is 1.71 bits per heavy atom. The predicted octanol–water partition coefficient (Wildman–Crippen LogP) is 3.38. The second kappa shape index (κ2) is 16.1. The number of hydrogen-bond acceptors (Lipinski definition) is 14. The maximum Gasteiger partial charge on any atom is 0.312 e. The van der Waals surface area contributed by atoms with E-state index in [1.807, 2.05) is 7.05 Å². The van der Waals surface area contributed by atoms with Gasteiger partial charge in [0.2, 0.25) is 0 Å². The van der Waals surface area contributed by atoms with Crippen LogP contribution in [0.25, 0.3) is 10.8 Å². The number of ether oxygens (including phenoxy) is 4. The number of rotatable bonds is 2. The summed E-state index contributed by atoms with van der Waals surface area (Å²) in [6.45, 7) is 14.4. The normalized spacial score (nSPS) is 35.3. The van der Waals surface area contributed by atoms with Crippen LogP contribution in [0.3, 0.4) is 0 Å². The van der Waals surface area contributed by atoms with Gasteiger partial charge in [0, 0.05) is 74.2 Å². The number of Topliss-reactive ketones (excluding diaryl/α,β-unsaturated/α-hetero) is 1. The molecule has 5 N–H and O–H groups in total. The van der Waals surface area contributed by atoms with Gasteiger partial charge in [-0.3, -0.25) is 24.4 Å². The van der Waals surface area contributed by atoms with Crippen LogP contribution in [-0.2, 0) is 23.8 Å². The number of likely N-dealkylation sites (N-methyl/N-ethyl adjacent to an activating group) is 1. The lowest BCUT2D eigenvalue weighted by atomic mass is 9.78. The number of methoxy groups -OCH3 is 1. The summed E-state index contributed by atoms with van der Waals surface area (Å²) in [4.78, 5) is 53.0. The van der Waals surface area contributed by atoms with Gasteiger partial charge < -0.3 is 49.6 Å². The number of nitrogens with one attached hydrogen (secondary N) is 1. The molecule has 1 spiro atoms. The van der Waals surface area contributed by atoms with Crippen molar-refractivity contribution >= 4 is 34.1 Å². The molecule has 4 bridgehead atoms. The van der Waals surface area contributed by atoms with Gasteiger partial charge in [0.05, 0.1) is 53.0 Å². The topological polar surface area (TPSA) is 209 Å². The highest BCUT2D eigenvalue weighted by Crippen LogP contribution is 2.49. The number of aliphatic hydroxyl groups is 2. The Morgan fingerprint density at radius 3 is 2.34 bits per heavy atom. The van der Waals surface area contributed by atoms with E-state index in [1.165, 1.54) is 27.2 Å². The van der Waals surface area contributed by atoms with Gasteiger partial charge in [-0.25, -0.2) is 0 Å². The molecule has 1 unspecified atom stereocenters. The minimum absolute atomic E-state index is 0.0310. The van der Waals surface area contributed by atoms with Crippen molar-refractivity contribution in [1.29, 1.82) is 0 Å². The van der Waals surface area contributed by atoms with Crippen LogP contribution in [0.2, 0.25) is 0 Å². The van der Waals surface area contributed by atoms with E-state index in [2.05, 4.69) is 10.2 Å². The first kappa shape index (κ1) is 42.8. The lowest BCUT2D eigenvalue weighted by Gasteiger charge is -2.38. The summed E-state index contributed by atoms with van der Waals surface area (Å²) >= 11 is 0. The van der Waals surface area contributed by atoms with Crippen LogP contribution in [0, 0.1) is 30.6 Å². The summed E-state index contributed by atoms with van der Waals surface area (Å²) in [7, 11) is 3.44. The number of carbonyl (C=O) groups is 3. The Kier molecular flexibility index (Phi) is 11.9. The first-order valence-electron chi connectivity index (χ1n) is 19.7. The van der Waals surface area contributed by atoms with Gasteiger partial charge in [-0.15, -0.1) is 0 Å². The molecule has 2 aromatic carbocycles. The van der Waals surface area contributed by atoms with E-state index >= 15 is 0 Å². The Balaban J connectivity index is 1.56. The number of amides is 1. The highest BCUT2D eigenvalue weighted by atomic mass is 16.7. The minimum atomic E-state index is -1.96. The van der Waals surface area contributed by atoms with Crippen molar-refractivity contribution in [2.24, 2.45) is 33.7 Å². The van der Waals surface area contributed by atoms with Gasteiger partial charge in [-0.05, 0) is 33.4 Å². The Bertz CT molecular complexity index is 2240. The Labute approximate surface area is 337 Å². The smallest absolute Gasteiger partial charge is 0.312 e. The van der Waals surface area contributed by atoms with Crippen LogP contribution < -0.4 is 20.8 Å². The molecule has 4 aliphatic heterocycles. The predicted molar refractivity (Wildman–Crippen MR) is 214 cm³/mol. The van der Waals surface area contributed by atoms with Crippen LogP contribution in [-0.4, -0.2) is 113 Å². The van der Waals surface area contributed by atoms with Crippen LogP contribution >= 0.6 is 0 Å². The number of ketones is 1. The molecule has 10 atom stereocenters. The molecule has 15 heteroatoms. The van der Waals surface area contributed by atoms with Crippen LogP contribution in [0.5, 0.6) is 17.2 Å². The van der Waals surface area contributed by atoms with Crippen LogP contribution in [0.1, 0.15) is 70.8 Å². The van der Waals surface area contributed by atoms with Gasteiger partial charge in [0.25, 0.3) is 11.7 Å². The number of anilines is 1. The van der Waals surface area contributed by atoms with Gasteiger partial charge in [0.15, 0.2) is 5.75 Å². The third-order valence-corrected chi connectivity index (χ3v) is 12.4. The van der Waals surface area contributed by atoms with Gasteiger partial charge in [-0.2, -0.15) is 0 Å². The molecule has 15 nitrogen and oxygen atoms in total. The summed E-state index contributed by atoms with van der Waals surface area (Å²) < 4.78 is 23.9. The lowest BCUT2D eigenvalue weighted by Crippen LogP contribution is -2.46. The molecule has 4 heterocycles. The fourth-order valence-electron chi connectivity index (χ4n) is 8.75. The number of nitrogens with zero attached hydrogens (tertiary/aromatic N) is 3. The zero-order valence-corrected chi connectivity index (χ0v) is 34.8. The average molecular weight is 805 g/mol. The summed E-state index contributed by atoms with van der Waals surface area (Å²) in [6.07, 6.45) is 4.59. The lowest BCUT2D eigenvalue weighted by molar-refractivity contribution is -0.160. The van der Waals surface area contributed by atoms with Gasteiger partial charge in [-0.1, -0.05) is 45.9 Å². The number of esters is 1. The van der Waals surface area contributed by atoms with E-state index < -0.39 is 82.8 Å².